The number of benzene rings is 2. The van der Waals surface area contributed by atoms with Gasteiger partial charge in [0.15, 0.2) is 0 Å². The van der Waals surface area contributed by atoms with Crippen LogP contribution in [-0.4, -0.2) is 28.1 Å². The summed E-state index contributed by atoms with van der Waals surface area (Å²) in [5.74, 6) is 0.756. The van der Waals surface area contributed by atoms with E-state index in [2.05, 4.69) is 33.2 Å². The lowest BCUT2D eigenvalue weighted by atomic mass is 10.2. The Labute approximate surface area is 167 Å². The van der Waals surface area contributed by atoms with Crippen LogP contribution in [-0.2, 0) is 0 Å². The van der Waals surface area contributed by atoms with Crippen LogP contribution in [0.2, 0.25) is 0 Å². The maximum atomic E-state index is 12.2. The molecule has 0 radical (unpaired) electrons. The SMILES string of the molecule is CCC(CCNC(=O)c1ccc(Br)cc1)Oc1ccc(-n2ccnc2)cc1. The Morgan fingerprint density at radius 3 is 2.56 bits per heavy atom. The highest BCUT2D eigenvalue weighted by Crippen LogP contribution is 2.18. The minimum absolute atomic E-state index is 0.0503. The molecule has 3 aromatic rings. The summed E-state index contributed by atoms with van der Waals surface area (Å²) < 4.78 is 8.96. The van der Waals surface area contributed by atoms with E-state index in [4.69, 9.17) is 4.74 Å². The molecule has 6 heteroatoms. The summed E-state index contributed by atoms with van der Waals surface area (Å²) >= 11 is 3.37. The molecule has 1 heterocycles. The molecule has 1 amide bonds. The highest BCUT2D eigenvalue weighted by Gasteiger charge is 2.10. The Kier molecular flexibility index (Phi) is 6.65. The van der Waals surface area contributed by atoms with Crippen molar-refractivity contribution in [3.8, 4) is 11.4 Å². The smallest absolute Gasteiger partial charge is 0.251 e. The first-order valence-electron chi connectivity index (χ1n) is 8.94. The zero-order valence-corrected chi connectivity index (χ0v) is 16.7. The molecular formula is C21H22BrN3O2. The van der Waals surface area contributed by atoms with Crippen LogP contribution >= 0.6 is 15.9 Å². The fourth-order valence-electron chi connectivity index (χ4n) is 2.70. The third-order valence-corrected chi connectivity index (χ3v) is 4.78. The summed E-state index contributed by atoms with van der Waals surface area (Å²) in [4.78, 5) is 16.2. The van der Waals surface area contributed by atoms with Gasteiger partial charge in [-0.3, -0.25) is 4.79 Å². The predicted octanol–water partition coefficient (Wildman–Crippen LogP) is 4.61. The maximum absolute atomic E-state index is 12.2. The largest absolute Gasteiger partial charge is 0.490 e. The number of carbonyl (C=O) groups excluding carboxylic acids is 1. The Hall–Kier alpha value is -2.60. The molecule has 0 saturated carbocycles. The van der Waals surface area contributed by atoms with Crippen LogP contribution in [0.15, 0.2) is 71.7 Å². The Morgan fingerprint density at radius 2 is 1.93 bits per heavy atom. The number of rotatable bonds is 8. The van der Waals surface area contributed by atoms with E-state index in [9.17, 15) is 4.79 Å². The lowest BCUT2D eigenvalue weighted by Crippen LogP contribution is -2.28. The number of nitrogens with zero attached hydrogens (tertiary/aromatic N) is 2. The van der Waals surface area contributed by atoms with Crippen LogP contribution in [0.25, 0.3) is 5.69 Å². The molecule has 1 unspecified atom stereocenters. The summed E-state index contributed by atoms with van der Waals surface area (Å²) in [5, 5.41) is 2.95. The van der Waals surface area contributed by atoms with Gasteiger partial charge in [0.1, 0.15) is 11.9 Å². The predicted molar refractivity (Wildman–Crippen MR) is 109 cm³/mol. The van der Waals surface area contributed by atoms with Gasteiger partial charge in [0.05, 0.1) is 6.33 Å². The molecule has 0 bridgehead atoms. The number of hydrogen-bond acceptors (Lipinski definition) is 3. The van der Waals surface area contributed by atoms with Crippen molar-refractivity contribution in [2.45, 2.75) is 25.9 Å². The van der Waals surface area contributed by atoms with Gasteiger partial charge in [0, 0.05) is 41.1 Å². The van der Waals surface area contributed by atoms with Crippen molar-refractivity contribution < 1.29 is 9.53 Å². The summed E-state index contributed by atoms with van der Waals surface area (Å²) in [6, 6.07) is 15.2. The van der Waals surface area contributed by atoms with Gasteiger partial charge >= 0.3 is 0 Å². The van der Waals surface area contributed by atoms with E-state index in [1.54, 1.807) is 24.7 Å². The summed E-state index contributed by atoms with van der Waals surface area (Å²) in [5.41, 5.74) is 1.69. The van der Waals surface area contributed by atoms with Crippen molar-refractivity contribution in [3.05, 3.63) is 77.3 Å². The van der Waals surface area contributed by atoms with Crippen molar-refractivity contribution in [1.29, 1.82) is 0 Å². The minimum Gasteiger partial charge on any atom is -0.490 e. The van der Waals surface area contributed by atoms with Gasteiger partial charge in [-0.15, -0.1) is 0 Å². The van der Waals surface area contributed by atoms with Gasteiger partial charge in [-0.2, -0.15) is 0 Å². The highest BCUT2D eigenvalue weighted by molar-refractivity contribution is 9.10. The molecule has 1 atom stereocenters. The normalized spacial score (nSPS) is 11.8. The van der Waals surface area contributed by atoms with E-state index < -0.39 is 0 Å². The first-order chi connectivity index (χ1) is 13.2. The van der Waals surface area contributed by atoms with Crippen LogP contribution in [0, 0.1) is 0 Å². The summed E-state index contributed by atoms with van der Waals surface area (Å²) in [6.07, 6.45) is 7.09. The van der Waals surface area contributed by atoms with Gasteiger partial charge < -0.3 is 14.6 Å². The first kappa shape index (κ1) is 19.2. The molecule has 0 aliphatic carbocycles. The molecule has 0 aliphatic heterocycles. The number of nitrogens with one attached hydrogen (secondary N) is 1. The number of ether oxygens (including phenoxy) is 1. The molecule has 1 aromatic heterocycles. The van der Waals surface area contributed by atoms with Gasteiger partial charge in [-0.05, 0) is 55.0 Å². The highest BCUT2D eigenvalue weighted by atomic mass is 79.9. The second-order valence-corrected chi connectivity index (χ2v) is 7.08. The number of carbonyl (C=O) groups is 1. The van der Waals surface area contributed by atoms with E-state index >= 15 is 0 Å². The lowest BCUT2D eigenvalue weighted by Gasteiger charge is -2.18. The van der Waals surface area contributed by atoms with E-state index in [0.717, 1.165) is 28.8 Å². The number of hydrogen-bond donors (Lipinski definition) is 1. The average Bonchev–Trinajstić information content (AvgIpc) is 3.23. The van der Waals surface area contributed by atoms with Crippen LogP contribution in [0.1, 0.15) is 30.1 Å². The number of halogens is 1. The summed E-state index contributed by atoms with van der Waals surface area (Å²) in [7, 11) is 0. The second-order valence-electron chi connectivity index (χ2n) is 6.16. The quantitative estimate of drug-likeness (QED) is 0.570. The maximum Gasteiger partial charge on any atom is 0.251 e. The molecule has 0 fully saturated rings. The van der Waals surface area contributed by atoms with Gasteiger partial charge in [-0.25, -0.2) is 4.98 Å². The average molecular weight is 428 g/mol. The Balaban J connectivity index is 1.49. The first-order valence-corrected chi connectivity index (χ1v) is 9.74. The fraction of sp³-hybridized carbons (Fsp3) is 0.238. The van der Waals surface area contributed by atoms with Crippen LogP contribution in [0.5, 0.6) is 5.75 Å². The van der Waals surface area contributed by atoms with Gasteiger partial charge in [-0.1, -0.05) is 22.9 Å². The molecule has 1 N–H and O–H groups in total. The second kappa shape index (κ2) is 9.37. The van der Waals surface area contributed by atoms with Crippen molar-refractivity contribution in [1.82, 2.24) is 14.9 Å². The zero-order valence-electron chi connectivity index (χ0n) is 15.1. The van der Waals surface area contributed by atoms with Crippen molar-refractivity contribution >= 4 is 21.8 Å². The van der Waals surface area contributed by atoms with Gasteiger partial charge in [0.25, 0.3) is 5.91 Å². The minimum atomic E-state index is -0.0676. The molecule has 27 heavy (non-hydrogen) atoms. The van der Waals surface area contributed by atoms with Gasteiger partial charge in [0.2, 0.25) is 0 Å². The molecule has 0 spiro atoms. The zero-order chi connectivity index (χ0) is 19.1. The van der Waals surface area contributed by atoms with E-state index in [1.807, 2.05) is 47.2 Å². The third kappa shape index (κ3) is 5.44. The molecule has 3 rings (SSSR count). The molecular weight excluding hydrogens is 406 g/mol. The van der Waals surface area contributed by atoms with Crippen molar-refractivity contribution in [2.75, 3.05) is 6.54 Å². The number of aromatic nitrogens is 2. The monoisotopic (exact) mass is 427 g/mol. The lowest BCUT2D eigenvalue weighted by molar-refractivity contribution is 0.0945. The Morgan fingerprint density at radius 1 is 1.19 bits per heavy atom. The number of amides is 1. The third-order valence-electron chi connectivity index (χ3n) is 4.26. The van der Waals surface area contributed by atoms with E-state index in [0.29, 0.717) is 12.1 Å². The summed E-state index contributed by atoms with van der Waals surface area (Å²) in [6.45, 7) is 2.65. The molecule has 0 aliphatic rings. The van der Waals surface area contributed by atoms with E-state index in [1.165, 1.54) is 0 Å². The molecule has 5 nitrogen and oxygen atoms in total. The van der Waals surface area contributed by atoms with Crippen LogP contribution < -0.4 is 10.1 Å². The topological polar surface area (TPSA) is 56.1 Å². The fourth-order valence-corrected chi connectivity index (χ4v) is 2.96. The molecule has 140 valence electrons. The van der Waals surface area contributed by atoms with Crippen molar-refractivity contribution in [2.24, 2.45) is 0 Å². The van der Waals surface area contributed by atoms with Crippen LogP contribution in [0.4, 0.5) is 0 Å². The van der Waals surface area contributed by atoms with E-state index in [-0.39, 0.29) is 12.0 Å². The van der Waals surface area contributed by atoms with Crippen LogP contribution in [0.3, 0.4) is 0 Å². The standard InChI is InChI=1S/C21H22BrN3O2/c1-2-19(11-12-24-21(26)16-3-5-17(22)6-4-16)27-20-9-7-18(8-10-20)25-14-13-23-15-25/h3-10,13-15,19H,2,11-12H2,1H3,(H,24,26). The van der Waals surface area contributed by atoms with Crippen molar-refractivity contribution in [3.63, 3.8) is 0 Å². The molecule has 0 saturated heterocycles. The molecule has 2 aromatic carbocycles. The number of imidazole rings is 1. The Bertz CT molecular complexity index is 846.